The maximum atomic E-state index is 12.8. The van der Waals surface area contributed by atoms with E-state index in [-0.39, 0.29) is 23.6 Å². The fourth-order valence-corrected chi connectivity index (χ4v) is 4.45. The van der Waals surface area contributed by atoms with Crippen LogP contribution in [0.5, 0.6) is 11.5 Å². The number of unbranched alkanes of at least 4 members (excludes halogenated alkanes) is 2. The molecule has 0 bridgehead atoms. The third-order valence-electron chi connectivity index (χ3n) is 5.90. The van der Waals surface area contributed by atoms with Gasteiger partial charge in [0, 0.05) is 18.4 Å². The molecule has 0 spiro atoms. The first kappa shape index (κ1) is 20.5. The highest BCUT2D eigenvalue weighted by molar-refractivity contribution is 5.96. The minimum atomic E-state index is -0.666. The Kier molecular flexibility index (Phi) is 6.17. The predicted octanol–water partition coefficient (Wildman–Crippen LogP) is 6.04. The molecule has 0 aromatic heterocycles. The van der Waals surface area contributed by atoms with Gasteiger partial charge in [-0.3, -0.25) is 0 Å². The molecular formula is C24H32O4. The molecule has 1 aromatic rings. The third kappa shape index (κ3) is 3.96. The van der Waals surface area contributed by atoms with E-state index in [4.69, 9.17) is 9.47 Å². The van der Waals surface area contributed by atoms with Gasteiger partial charge in [0.15, 0.2) is 0 Å². The monoisotopic (exact) mass is 384 g/mol. The van der Waals surface area contributed by atoms with Crippen molar-refractivity contribution in [1.29, 1.82) is 0 Å². The minimum Gasteiger partial charge on any atom is -0.507 e. The molecule has 0 amide bonds. The zero-order valence-corrected chi connectivity index (χ0v) is 17.5. The molecule has 3 rings (SSSR count). The van der Waals surface area contributed by atoms with Gasteiger partial charge in [-0.1, -0.05) is 43.6 Å². The van der Waals surface area contributed by atoms with Gasteiger partial charge in [-0.15, -0.1) is 0 Å². The van der Waals surface area contributed by atoms with Gasteiger partial charge in [0.2, 0.25) is 6.29 Å². The maximum Gasteiger partial charge on any atom is 0.345 e. The molecule has 28 heavy (non-hydrogen) atoms. The number of aromatic hydroxyl groups is 1. The topological polar surface area (TPSA) is 55.8 Å². The summed E-state index contributed by atoms with van der Waals surface area (Å²) in [5.74, 6) is 0.501. The van der Waals surface area contributed by atoms with Crippen LogP contribution in [-0.4, -0.2) is 17.4 Å². The predicted molar refractivity (Wildman–Crippen MR) is 111 cm³/mol. The first-order valence-corrected chi connectivity index (χ1v) is 10.4. The summed E-state index contributed by atoms with van der Waals surface area (Å²) < 4.78 is 11.4. The van der Waals surface area contributed by atoms with Crippen molar-refractivity contribution in [2.45, 2.75) is 78.4 Å². The number of rotatable bonds is 6. The highest BCUT2D eigenvalue weighted by Gasteiger charge is 2.37. The Morgan fingerprint density at radius 3 is 2.75 bits per heavy atom. The number of benzene rings is 1. The lowest BCUT2D eigenvalue weighted by Gasteiger charge is -2.34. The Labute approximate surface area is 168 Å². The van der Waals surface area contributed by atoms with Gasteiger partial charge in [0.25, 0.3) is 0 Å². The summed E-state index contributed by atoms with van der Waals surface area (Å²) in [6.45, 7) is 12.2. The standard InChI is InChI=1S/C24H32O4/c1-6-7-8-9-17-13-20(25)22(23-21(17)24(26)28-16(5)27-23)19-12-15(4)10-11-18(19)14(2)3/h12-13,16,18-19,25H,2,6-11H2,1,3-5H3. The molecule has 1 aromatic carbocycles. The Balaban J connectivity index is 2.16. The molecule has 0 radical (unpaired) electrons. The summed E-state index contributed by atoms with van der Waals surface area (Å²) in [5.41, 5.74) is 4.36. The first-order chi connectivity index (χ1) is 13.3. The van der Waals surface area contributed by atoms with Gasteiger partial charge < -0.3 is 14.6 Å². The molecule has 3 atom stereocenters. The second kappa shape index (κ2) is 8.42. The highest BCUT2D eigenvalue weighted by Crippen LogP contribution is 2.49. The molecule has 4 heteroatoms. The highest BCUT2D eigenvalue weighted by atomic mass is 16.7. The van der Waals surface area contributed by atoms with E-state index in [0.29, 0.717) is 16.9 Å². The van der Waals surface area contributed by atoms with E-state index in [1.54, 1.807) is 13.0 Å². The lowest BCUT2D eigenvalue weighted by Crippen LogP contribution is -2.30. The number of allylic oxidation sites excluding steroid dienone is 3. The number of hydrogen-bond acceptors (Lipinski definition) is 4. The van der Waals surface area contributed by atoms with Crippen molar-refractivity contribution < 1.29 is 19.4 Å². The Morgan fingerprint density at radius 2 is 2.07 bits per heavy atom. The molecule has 2 aliphatic rings. The van der Waals surface area contributed by atoms with Crippen LogP contribution < -0.4 is 4.74 Å². The number of carbonyl (C=O) groups is 1. The van der Waals surface area contributed by atoms with Crippen LogP contribution in [0.2, 0.25) is 0 Å². The van der Waals surface area contributed by atoms with Crippen LogP contribution in [0.15, 0.2) is 29.9 Å². The first-order valence-electron chi connectivity index (χ1n) is 10.4. The molecule has 1 N–H and O–H groups in total. The zero-order chi connectivity index (χ0) is 20.4. The van der Waals surface area contributed by atoms with Crippen molar-refractivity contribution in [3.05, 3.63) is 46.6 Å². The SMILES string of the molecule is C=C(C)C1CCC(C)=CC1c1c(O)cc(CCCCC)c2c1OC(C)OC2=O. The number of aryl methyl sites for hydroxylation is 1. The van der Waals surface area contributed by atoms with Crippen LogP contribution in [0.3, 0.4) is 0 Å². The number of phenolic OH excluding ortho intramolecular Hbond substituents is 1. The molecule has 0 saturated carbocycles. The summed E-state index contributed by atoms with van der Waals surface area (Å²) in [5, 5.41) is 11.0. The second-order valence-electron chi connectivity index (χ2n) is 8.25. The van der Waals surface area contributed by atoms with Gasteiger partial charge in [0.1, 0.15) is 17.1 Å². The summed E-state index contributed by atoms with van der Waals surface area (Å²) in [6.07, 6.45) is 7.38. The van der Waals surface area contributed by atoms with E-state index >= 15 is 0 Å². The quantitative estimate of drug-likeness (QED) is 0.369. The Hall–Kier alpha value is -2.23. The molecule has 4 nitrogen and oxygen atoms in total. The van der Waals surface area contributed by atoms with Crippen LogP contribution in [0, 0.1) is 5.92 Å². The van der Waals surface area contributed by atoms with Crippen LogP contribution in [0.1, 0.15) is 87.2 Å². The summed E-state index contributed by atoms with van der Waals surface area (Å²) in [4.78, 5) is 12.8. The largest absolute Gasteiger partial charge is 0.507 e. The summed E-state index contributed by atoms with van der Waals surface area (Å²) in [6, 6.07) is 1.75. The maximum absolute atomic E-state index is 12.8. The fraction of sp³-hybridized carbons (Fsp3) is 0.542. The fourth-order valence-electron chi connectivity index (χ4n) is 4.45. The van der Waals surface area contributed by atoms with Crippen LogP contribution in [-0.2, 0) is 11.2 Å². The van der Waals surface area contributed by atoms with E-state index in [0.717, 1.165) is 49.7 Å². The number of phenols is 1. The number of ether oxygens (including phenoxy) is 2. The van der Waals surface area contributed by atoms with E-state index < -0.39 is 6.29 Å². The van der Waals surface area contributed by atoms with Crippen LogP contribution >= 0.6 is 0 Å². The third-order valence-corrected chi connectivity index (χ3v) is 5.90. The molecule has 152 valence electrons. The molecular weight excluding hydrogens is 352 g/mol. The smallest absolute Gasteiger partial charge is 0.345 e. The van der Waals surface area contributed by atoms with Gasteiger partial charge in [-0.25, -0.2) is 4.79 Å². The normalized spacial score (nSPS) is 24.1. The summed E-state index contributed by atoms with van der Waals surface area (Å²) >= 11 is 0. The van der Waals surface area contributed by atoms with E-state index in [9.17, 15) is 9.90 Å². The minimum absolute atomic E-state index is 0.0530. The average molecular weight is 385 g/mol. The molecule has 1 aliphatic carbocycles. The zero-order valence-electron chi connectivity index (χ0n) is 17.5. The van der Waals surface area contributed by atoms with Crippen LogP contribution in [0.4, 0.5) is 0 Å². The molecule has 1 aliphatic heterocycles. The Bertz CT molecular complexity index is 805. The molecule has 0 fully saturated rings. The number of cyclic esters (lactones) is 1. The van der Waals surface area contributed by atoms with E-state index in [2.05, 4.69) is 26.5 Å². The van der Waals surface area contributed by atoms with Crippen molar-refractivity contribution in [2.75, 3.05) is 0 Å². The van der Waals surface area contributed by atoms with Gasteiger partial charge in [-0.05, 0) is 57.1 Å². The number of hydrogen-bond donors (Lipinski definition) is 1. The lowest BCUT2D eigenvalue weighted by molar-refractivity contribution is -0.0498. The van der Waals surface area contributed by atoms with Crippen molar-refractivity contribution in [3.8, 4) is 11.5 Å². The summed E-state index contributed by atoms with van der Waals surface area (Å²) in [7, 11) is 0. The molecule has 0 saturated heterocycles. The van der Waals surface area contributed by atoms with Crippen molar-refractivity contribution in [2.24, 2.45) is 5.92 Å². The van der Waals surface area contributed by atoms with E-state index in [1.165, 1.54) is 5.57 Å². The van der Waals surface area contributed by atoms with Crippen molar-refractivity contribution >= 4 is 5.97 Å². The number of fused-ring (bicyclic) bond motifs is 1. The Morgan fingerprint density at radius 1 is 1.32 bits per heavy atom. The van der Waals surface area contributed by atoms with Crippen molar-refractivity contribution in [1.82, 2.24) is 0 Å². The lowest BCUT2D eigenvalue weighted by atomic mass is 9.73. The number of carbonyl (C=O) groups excluding carboxylic acids is 1. The van der Waals surface area contributed by atoms with Gasteiger partial charge in [0.05, 0.1) is 0 Å². The molecule has 3 unspecified atom stereocenters. The van der Waals surface area contributed by atoms with E-state index in [1.807, 2.05) is 6.92 Å². The second-order valence-corrected chi connectivity index (χ2v) is 8.25. The van der Waals surface area contributed by atoms with Crippen molar-refractivity contribution in [3.63, 3.8) is 0 Å². The van der Waals surface area contributed by atoms with Crippen LogP contribution in [0.25, 0.3) is 0 Å². The van der Waals surface area contributed by atoms with Gasteiger partial charge >= 0.3 is 5.97 Å². The van der Waals surface area contributed by atoms with Gasteiger partial charge in [-0.2, -0.15) is 0 Å². The number of esters is 1. The molecule has 1 heterocycles. The average Bonchev–Trinajstić information content (AvgIpc) is 2.60.